The molecule has 0 aromatic carbocycles. The molecule has 1 aliphatic carbocycles. The Morgan fingerprint density at radius 1 is 1.41 bits per heavy atom. The fourth-order valence-corrected chi connectivity index (χ4v) is 5.94. The zero-order valence-electron chi connectivity index (χ0n) is 13.7. The van der Waals surface area contributed by atoms with Crippen molar-refractivity contribution in [3.63, 3.8) is 0 Å². The van der Waals surface area contributed by atoms with Crippen molar-refractivity contribution in [3.8, 4) is 0 Å². The van der Waals surface area contributed by atoms with E-state index in [4.69, 9.17) is 9.72 Å². The summed E-state index contributed by atoms with van der Waals surface area (Å²) in [5.74, 6) is -0.233. The number of hydrogen-bond acceptors (Lipinski definition) is 4. The highest BCUT2D eigenvalue weighted by Gasteiger charge is 2.31. The van der Waals surface area contributed by atoms with Crippen LogP contribution in [0, 0.1) is 0 Å². The second-order valence-electron chi connectivity index (χ2n) is 7.13. The number of fused-ring (bicyclic) bond motifs is 2. The molecular formula is C17H23NO2SSi. The molecule has 0 N–H and O–H groups in total. The van der Waals surface area contributed by atoms with Crippen molar-refractivity contribution in [1.82, 2.24) is 4.98 Å². The van der Waals surface area contributed by atoms with Crippen LogP contribution in [-0.2, 0) is 17.6 Å². The van der Waals surface area contributed by atoms with Crippen LogP contribution < -0.4 is 0 Å². The first-order valence-corrected chi connectivity index (χ1v) is 12.4. The molecule has 22 heavy (non-hydrogen) atoms. The van der Waals surface area contributed by atoms with Crippen LogP contribution in [0.5, 0.6) is 0 Å². The van der Waals surface area contributed by atoms with Gasteiger partial charge in [-0.05, 0) is 49.4 Å². The number of carbonyl (C=O) groups is 1. The third kappa shape index (κ3) is 2.97. The van der Waals surface area contributed by atoms with Gasteiger partial charge in [0.2, 0.25) is 0 Å². The summed E-state index contributed by atoms with van der Waals surface area (Å²) in [6.45, 7) is 9.61. The Kier molecular flexibility index (Phi) is 4.12. The molecule has 1 aliphatic rings. The first-order chi connectivity index (χ1) is 10.4. The Morgan fingerprint density at radius 3 is 2.86 bits per heavy atom. The van der Waals surface area contributed by atoms with Gasteiger partial charge in [-0.1, -0.05) is 19.6 Å². The predicted octanol–water partition coefficient (Wildman–Crippen LogP) is 4.67. The molecule has 0 bridgehead atoms. The molecule has 2 aromatic rings. The van der Waals surface area contributed by atoms with E-state index in [9.17, 15) is 4.79 Å². The van der Waals surface area contributed by atoms with Crippen LogP contribution >= 0.6 is 11.3 Å². The number of ether oxygens (including phenoxy) is 1. The number of nitrogens with zero attached hydrogens (tertiary/aromatic N) is 1. The largest absolute Gasteiger partial charge is 0.462 e. The number of hydrogen-bond donors (Lipinski definition) is 0. The third-order valence-corrected chi connectivity index (χ3v) is 8.54. The van der Waals surface area contributed by atoms with Gasteiger partial charge in [-0.3, -0.25) is 0 Å². The summed E-state index contributed by atoms with van der Waals surface area (Å²) in [6, 6.07) is 4.19. The van der Waals surface area contributed by atoms with E-state index in [1.54, 1.807) is 0 Å². The van der Waals surface area contributed by atoms with Gasteiger partial charge in [0.05, 0.1) is 6.61 Å². The molecule has 0 saturated carbocycles. The fraction of sp³-hybridized carbons (Fsp3) is 0.529. The fourth-order valence-electron chi connectivity index (χ4n) is 3.17. The number of rotatable bonds is 3. The van der Waals surface area contributed by atoms with Crippen LogP contribution in [0.15, 0.2) is 12.1 Å². The molecule has 118 valence electrons. The van der Waals surface area contributed by atoms with Crippen LogP contribution in [0.25, 0.3) is 10.2 Å². The average molecular weight is 334 g/mol. The lowest BCUT2D eigenvalue weighted by molar-refractivity contribution is 0.0532. The van der Waals surface area contributed by atoms with E-state index in [1.165, 1.54) is 29.0 Å². The quantitative estimate of drug-likeness (QED) is 0.605. The molecule has 0 fully saturated rings. The Hall–Kier alpha value is -1.20. The van der Waals surface area contributed by atoms with E-state index < -0.39 is 8.07 Å². The topological polar surface area (TPSA) is 39.2 Å². The summed E-state index contributed by atoms with van der Waals surface area (Å²) in [5, 5.41) is 1.09. The minimum Gasteiger partial charge on any atom is -0.462 e. The van der Waals surface area contributed by atoms with Gasteiger partial charge >= 0.3 is 5.97 Å². The first kappa shape index (κ1) is 15.7. The standard InChI is InChI=1S/C17H23NO2SSi/c1-5-20-17(19)15-10-12-8-11-9-13(22(2,3)4)6-7-14(11)18-16(12)21-15/h8,10,13H,5-7,9H2,1-4H3. The highest BCUT2D eigenvalue weighted by Crippen LogP contribution is 2.38. The lowest BCUT2D eigenvalue weighted by Gasteiger charge is -2.33. The van der Waals surface area contributed by atoms with Gasteiger partial charge in [0, 0.05) is 19.2 Å². The molecule has 0 amide bonds. The van der Waals surface area contributed by atoms with Crippen LogP contribution in [0.3, 0.4) is 0 Å². The van der Waals surface area contributed by atoms with E-state index in [0.717, 1.165) is 28.6 Å². The normalized spacial score (nSPS) is 18.3. The molecule has 1 unspecified atom stereocenters. The Morgan fingerprint density at radius 2 is 2.18 bits per heavy atom. The smallest absolute Gasteiger partial charge is 0.348 e. The van der Waals surface area contributed by atoms with Crippen molar-refractivity contribution < 1.29 is 9.53 Å². The SMILES string of the molecule is CCOC(=O)c1cc2cc3c(nc2s1)CCC([Si](C)(C)C)C3. The van der Waals surface area contributed by atoms with Crippen molar-refractivity contribution in [2.24, 2.45) is 0 Å². The van der Waals surface area contributed by atoms with Crippen LogP contribution in [0.4, 0.5) is 0 Å². The van der Waals surface area contributed by atoms with Gasteiger partial charge in [-0.25, -0.2) is 9.78 Å². The average Bonchev–Trinajstić information content (AvgIpc) is 2.86. The molecule has 1 atom stereocenters. The molecule has 3 nitrogen and oxygen atoms in total. The van der Waals surface area contributed by atoms with Gasteiger partial charge in [-0.15, -0.1) is 11.3 Å². The van der Waals surface area contributed by atoms with Crippen LogP contribution in [0.1, 0.15) is 34.3 Å². The zero-order chi connectivity index (χ0) is 15.9. The van der Waals surface area contributed by atoms with E-state index in [2.05, 4.69) is 25.7 Å². The maximum absolute atomic E-state index is 11.9. The number of aryl methyl sites for hydroxylation is 1. The monoisotopic (exact) mass is 333 g/mol. The van der Waals surface area contributed by atoms with Crippen LogP contribution in [-0.4, -0.2) is 25.6 Å². The van der Waals surface area contributed by atoms with Crippen molar-refractivity contribution in [2.45, 2.75) is 51.4 Å². The summed E-state index contributed by atoms with van der Waals surface area (Å²) in [5.41, 5.74) is 3.46. The highest BCUT2D eigenvalue weighted by atomic mass is 32.1. The summed E-state index contributed by atoms with van der Waals surface area (Å²) in [6.07, 6.45) is 3.49. The molecule has 0 aliphatic heterocycles. The van der Waals surface area contributed by atoms with E-state index in [-0.39, 0.29) is 5.97 Å². The number of carbonyl (C=O) groups excluding carboxylic acids is 1. The van der Waals surface area contributed by atoms with Crippen LogP contribution in [0.2, 0.25) is 25.2 Å². The highest BCUT2D eigenvalue weighted by molar-refractivity contribution is 7.20. The summed E-state index contributed by atoms with van der Waals surface area (Å²) in [7, 11) is -1.12. The molecule has 0 saturated heterocycles. The maximum Gasteiger partial charge on any atom is 0.348 e. The summed E-state index contributed by atoms with van der Waals surface area (Å²) >= 11 is 1.45. The number of esters is 1. The van der Waals surface area contributed by atoms with Gasteiger partial charge in [-0.2, -0.15) is 0 Å². The van der Waals surface area contributed by atoms with Gasteiger partial charge in [0.1, 0.15) is 9.71 Å². The van der Waals surface area contributed by atoms with E-state index in [1.807, 2.05) is 13.0 Å². The Labute approximate surface area is 136 Å². The van der Waals surface area contributed by atoms with Gasteiger partial charge in [0.15, 0.2) is 0 Å². The zero-order valence-corrected chi connectivity index (χ0v) is 15.5. The van der Waals surface area contributed by atoms with Crippen molar-refractivity contribution in [1.29, 1.82) is 0 Å². The second-order valence-corrected chi connectivity index (χ2v) is 13.7. The molecule has 0 spiro atoms. The van der Waals surface area contributed by atoms with Gasteiger partial charge in [0.25, 0.3) is 0 Å². The number of pyridine rings is 1. The summed E-state index contributed by atoms with van der Waals surface area (Å²) < 4.78 is 5.09. The third-order valence-electron chi connectivity index (χ3n) is 4.57. The van der Waals surface area contributed by atoms with Gasteiger partial charge < -0.3 is 4.74 Å². The number of thiophene rings is 1. The summed E-state index contributed by atoms with van der Waals surface area (Å²) in [4.78, 5) is 18.3. The molecule has 2 heterocycles. The molecule has 2 aromatic heterocycles. The van der Waals surface area contributed by atoms with Crippen molar-refractivity contribution in [2.75, 3.05) is 6.61 Å². The van der Waals surface area contributed by atoms with E-state index in [0.29, 0.717) is 11.5 Å². The van der Waals surface area contributed by atoms with Crippen molar-refractivity contribution in [3.05, 3.63) is 28.3 Å². The predicted molar refractivity (Wildman–Crippen MR) is 94.7 cm³/mol. The number of aromatic nitrogens is 1. The second kappa shape index (κ2) is 5.78. The maximum atomic E-state index is 11.9. The Bertz CT molecular complexity index is 717. The minimum absolute atomic E-state index is 0.233. The van der Waals surface area contributed by atoms with Crippen molar-refractivity contribution >= 4 is 35.6 Å². The lowest BCUT2D eigenvalue weighted by atomic mass is 9.95. The molecule has 3 rings (SSSR count). The molecular weight excluding hydrogens is 310 g/mol. The Balaban J connectivity index is 1.95. The lowest BCUT2D eigenvalue weighted by Crippen LogP contribution is -2.32. The minimum atomic E-state index is -1.12. The molecule has 5 heteroatoms. The molecule has 0 radical (unpaired) electrons. The first-order valence-electron chi connectivity index (χ1n) is 7.98. The van der Waals surface area contributed by atoms with E-state index >= 15 is 0 Å².